The molecule has 0 bridgehead atoms. The molecule has 0 aliphatic carbocycles. The molecule has 1 aliphatic rings. The Balaban J connectivity index is 2.07. The Morgan fingerprint density at radius 2 is 2.31 bits per heavy atom. The van der Waals surface area contributed by atoms with E-state index in [9.17, 15) is 0 Å². The van der Waals surface area contributed by atoms with E-state index in [1.165, 1.54) is 5.56 Å². The van der Waals surface area contributed by atoms with Gasteiger partial charge in [0.15, 0.2) is 0 Å². The Bertz CT molecular complexity index is 342. The number of nitrogens with two attached hydrogens (primary N) is 1. The van der Waals surface area contributed by atoms with E-state index >= 15 is 0 Å². The van der Waals surface area contributed by atoms with Crippen molar-refractivity contribution in [3.63, 3.8) is 0 Å². The molecule has 2 unspecified atom stereocenters. The number of hydrogen-bond donors (Lipinski definition) is 1. The molecule has 2 atom stereocenters. The molecule has 0 saturated heterocycles. The molecule has 2 rings (SSSR count). The average molecular weight is 237 g/mol. The van der Waals surface area contributed by atoms with Crippen LogP contribution in [0.2, 0.25) is 0 Å². The quantitative estimate of drug-likeness (QED) is 0.874. The van der Waals surface area contributed by atoms with Crippen molar-refractivity contribution in [2.24, 2.45) is 5.73 Å². The van der Waals surface area contributed by atoms with Crippen LogP contribution in [-0.2, 0) is 0 Å². The monoisotopic (exact) mass is 237 g/mol. The van der Waals surface area contributed by atoms with E-state index < -0.39 is 0 Å². The molecule has 1 aromatic rings. The van der Waals surface area contributed by atoms with Crippen LogP contribution < -0.4 is 10.5 Å². The van der Waals surface area contributed by atoms with E-state index in [1.54, 1.807) is 0 Å². The minimum absolute atomic E-state index is 0.297. The van der Waals surface area contributed by atoms with Crippen molar-refractivity contribution < 1.29 is 4.74 Å². The van der Waals surface area contributed by atoms with Gasteiger partial charge in [-0.15, -0.1) is 0 Å². The molecule has 0 aromatic heterocycles. The first-order chi connectivity index (χ1) is 7.81. The van der Waals surface area contributed by atoms with Crippen LogP contribution in [0.15, 0.2) is 24.3 Å². The number of para-hydroxylation sites is 1. The fraction of sp³-hybridized carbons (Fsp3) is 0.538. The standard InChI is InChI=1S/C13H19NOS/c1-16-9-11(14)8-10-6-7-15-13-5-3-2-4-12(10)13/h2-5,10-11H,6-9,14H2,1H3. The maximum absolute atomic E-state index is 6.11. The maximum Gasteiger partial charge on any atom is 0.122 e. The zero-order valence-electron chi connectivity index (χ0n) is 9.69. The van der Waals surface area contributed by atoms with Crippen molar-refractivity contribution in [1.82, 2.24) is 0 Å². The highest BCUT2D eigenvalue weighted by Crippen LogP contribution is 2.36. The molecule has 1 aromatic carbocycles. The van der Waals surface area contributed by atoms with E-state index in [4.69, 9.17) is 10.5 Å². The number of hydrogen-bond acceptors (Lipinski definition) is 3. The highest BCUT2D eigenvalue weighted by molar-refractivity contribution is 7.98. The lowest BCUT2D eigenvalue weighted by atomic mass is 9.88. The molecule has 2 N–H and O–H groups in total. The molecule has 16 heavy (non-hydrogen) atoms. The van der Waals surface area contributed by atoms with Gasteiger partial charge in [0.05, 0.1) is 6.61 Å². The second kappa shape index (κ2) is 5.60. The van der Waals surface area contributed by atoms with Gasteiger partial charge >= 0.3 is 0 Å². The third kappa shape index (κ3) is 2.71. The largest absolute Gasteiger partial charge is 0.493 e. The second-order valence-electron chi connectivity index (χ2n) is 4.32. The van der Waals surface area contributed by atoms with E-state index in [0.717, 1.165) is 31.0 Å². The normalized spacial score (nSPS) is 21.0. The molecule has 0 radical (unpaired) electrons. The number of benzene rings is 1. The highest BCUT2D eigenvalue weighted by Gasteiger charge is 2.22. The second-order valence-corrected chi connectivity index (χ2v) is 5.23. The van der Waals surface area contributed by atoms with Gasteiger partial charge in [-0.1, -0.05) is 18.2 Å². The third-order valence-corrected chi connectivity index (χ3v) is 3.81. The van der Waals surface area contributed by atoms with Gasteiger partial charge in [-0.25, -0.2) is 0 Å². The van der Waals surface area contributed by atoms with Gasteiger partial charge in [0.1, 0.15) is 5.75 Å². The lowest BCUT2D eigenvalue weighted by Crippen LogP contribution is -2.27. The number of ether oxygens (including phenoxy) is 1. The Labute approximate surface area is 102 Å². The minimum atomic E-state index is 0.297. The Kier molecular flexibility index (Phi) is 4.13. The summed E-state index contributed by atoms with van der Waals surface area (Å²) in [5.41, 5.74) is 7.45. The molecule has 0 saturated carbocycles. The first-order valence-corrected chi connectivity index (χ1v) is 7.17. The topological polar surface area (TPSA) is 35.2 Å². The Hall–Kier alpha value is -0.670. The van der Waals surface area contributed by atoms with Crippen LogP contribution in [0.1, 0.15) is 24.3 Å². The van der Waals surface area contributed by atoms with Crippen molar-refractivity contribution in [3.8, 4) is 5.75 Å². The predicted octanol–water partition coefficient (Wildman–Crippen LogP) is 2.63. The van der Waals surface area contributed by atoms with Gasteiger partial charge in [-0.3, -0.25) is 0 Å². The van der Waals surface area contributed by atoms with Crippen molar-refractivity contribution in [3.05, 3.63) is 29.8 Å². The minimum Gasteiger partial charge on any atom is -0.493 e. The summed E-state index contributed by atoms with van der Waals surface area (Å²) in [5.74, 6) is 2.67. The first-order valence-electron chi connectivity index (χ1n) is 5.77. The summed E-state index contributed by atoms with van der Waals surface area (Å²) < 4.78 is 5.65. The number of rotatable bonds is 4. The summed E-state index contributed by atoms with van der Waals surface area (Å²) >= 11 is 1.82. The first kappa shape index (κ1) is 11.8. The van der Waals surface area contributed by atoms with E-state index in [1.807, 2.05) is 17.8 Å². The molecule has 1 aliphatic heterocycles. The van der Waals surface area contributed by atoms with Crippen LogP contribution in [0.5, 0.6) is 5.75 Å². The van der Waals surface area contributed by atoms with E-state index in [-0.39, 0.29) is 0 Å². The third-order valence-electron chi connectivity index (χ3n) is 3.05. The number of fused-ring (bicyclic) bond motifs is 1. The maximum atomic E-state index is 6.11. The average Bonchev–Trinajstić information content (AvgIpc) is 2.30. The van der Waals surface area contributed by atoms with Gasteiger partial charge in [-0.05, 0) is 36.6 Å². The molecule has 0 amide bonds. The molecule has 0 fully saturated rings. The van der Waals surface area contributed by atoms with Crippen molar-refractivity contribution in [2.45, 2.75) is 24.8 Å². The SMILES string of the molecule is CSCC(N)CC1CCOc2ccccc21. The van der Waals surface area contributed by atoms with Gasteiger partial charge in [-0.2, -0.15) is 11.8 Å². The fourth-order valence-electron chi connectivity index (χ4n) is 2.31. The smallest absolute Gasteiger partial charge is 0.122 e. The molecule has 2 nitrogen and oxygen atoms in total. The molecular weight excluding hydrogens is 218 g/mol. The Morgan fingerprint density at radius 3 is 3.12 bits per heavy atom. The van der Waals surface area contributed by atoms with Gasteiger partial charge in [0.2, 0.25) is 0 Å². The van der Waals surface area contributed by atoms with Crippen LogP contribution in [0.25, 0.3) is 0 Å². The summed E-state index contributed by atoms with van der Waals surface area (Å²) in [4.78, 5) is 0. The summed E-state index contributed by atoms with van der Waals surface area (Å²) in [7, 11) is 0. The van der Waals surface area contributed by atoms with Crippen LogP contribution >= 0.6 is 11.8 Å². The molecular formula is C13H19NOS. The van der Waals surface area contributed by atoms with Gasteiger partial charge in [0, 0.05) is 11.8 Å². The van der Waals surface area contributed by atoms with Gasteiger partial charge < -0.3 is 10.5 Å². The summed E-state index contributed by atoms with van der Waals surface area (Å²) in [5, 5.41) is 0. The molecule has 1 heterocycles. The van der Waals surface area contributed by atoms with Crippen LogP contribution in [0.4, 0.5) is 0 Å². The van der Waals surface area contributed by atoms with Gasteiger partial charge in [0.25, 0.3) is 0 Å². The molecule has 88 valence electrons. The van der Waals surface area contributed by atoms with Crippen LogP contribution in [-0.4, -0.2) is 24.7 Å². The zero-order valence-corrected chi connectivity index (χ0v) is 10.5. The van der Waals surface area contributed by atoms with Crippen molar-refractivity contribution in [1.29, 1.82) is 0 Å². The van der Waals surface area contributed by atoms with Crippen LogP contribution in [0.3, 0.4) is 0 Å². The zero-order chi connectivity index (χ0) is 11.4. The van der Waals surface area contributed by atoms with E-state index in [2.05, 4.69) is 24.5 Å². The summed E-state index contributed by atoms with van der Waals surface area (Å²) in [6.45, 7) is 0.827. The predicted molar refractivity (Wildman–Crippen MR) is 70.3 cm³/mol. The van der Waals surface area contributed by atoms with Crippen LogP contribution in [0, 0.1) is 0 Å². The lowest BCUT2D eigenvalue weighted by molar-refractivity contribution is 0.260. The lowest BCUT2D eigenvalue weighted by Gasteiger charge is -2.27. The Morgan fingerprint density at radius 1 is 1.50 bits per heavy atom. The van der Waals surface area contributed by atoms with Crippen molar-refractivity contribution >= 4 is 11.8 Å². The highest BCUT2D eigenvalue weighted by atomic mass is 32.2. The summed E-state index contributed by atoms with van der Waals surface area (Å²) in [6, 6.07) is 8.64. The fourth-order valence-corrected chi connectivity index (χ4v) is 2.87. The molecule has 3 heteroatoms. The van der Waals surface area contributed by atoms with Crippen molar-refractivity contribution in [2.75, 3.05) is 18.6 Å². The summed E-state index contributed by atoms with van der Waals surface area (Å²) in [6.07, 6.45) is 4.28. The number of thioether (sulfide) groups is 1. The molecule has 0 spiro atoms. The van der Waals surface area contributed by atoms with E-state index in [0.29, 0.717) is 12.0 Å².